The second-order valence-corrected chi connectivity index (χ2v) is 9.45. The summed E-state index contributed by atoms with van der Waals surface area (Å²) in [4.78, 5) is 2.48. The molecule has 3 aliphatic heterocycles. The van der Waals surface area contributed by atoms with Gasteiger partial charge < -0.3 is 23.8 Å². The number of hydrazine groups is 1. The van der Waals surface area contributed by atoms with Gasteiger partial charge in [-0.2, -0.15) is 0 Å². The molecule has 6 rings (SSSR count). The number of anilines is 1. The third kappa shape index (κ3) is 3.94. The molecule has 2 N–H and O–H groups in total. The zero-order valence-corrected chi connectivity index (χ0v) is 20.3. The SMILES string of the molecule is COc1ccc(C2NNC3c4cc5c(cc4N(Cc4cccc(C)c4)CC23)OCCO5)cc1OC. The summed E-state index contributed by atoms with van der Waals surface area (Å²) in [6.45, 7) is 5.02. The summed E-state index contributed by atoms with van der Waals surface area (Å²) in [6.07, 6.45) is 0. The van der Waals surface area contributed by atoms with E-state index in [9.17, 15) is 0 Å². The van der Waals surface area contributed by atoms with Crippen molar-refractivity contribution in [2.75, 3.05) is 38.9 Å². The van der Waals surface area contributed by atoms with Gasteiger partial charge in [0.25, 0.3) is 0 Å². The van der Waals surface area contributed by atoms with Gasteiger partial charge in [0.05, 0.1) is 26.3 Å². The molecule has 3 heterocycles. The Bertz CT molecular complexity index is 1250. The first-order valence-electron chi connectivity index (χ1n) is 12.1. The van der Waals surface area contributed by atoms with Crippen molar-refractivity contribution < 1.29 is 18.9 Å². The van der Waals surface area contributed by atoms with Crippen molar-refractivity contribution in [1.82, 2.24) is 10.9 Å². The van der Waals surface area contributed by atoms with E-state index in [1.807, 2.05) is 6.07 Å². The van der Waals surface area contributed by atoms with Crippen molar-refractivity contribution >= 4 is 5.69 Å². The lowest BCUT2D eigenvalue weighted by Gasteiger charge is -2.40. The number of methoxy groups -OCH3 is 2. The summed E-state index contributed by atoms with van der Waals surface area (Å²) in [5, 5.41) is 0. The predicted molar refractivity (Wildman–Crippen MR) is 134 cm³/mol. The molecule has 7 nitrogen and oxygen atoms in total. The van der Waals surface area contributed by atoms with Gasteiger partial charge in [0.2, 0.25) is 0 Å². The zero-order valence-electron chi connectivity index (χ0n) is 20.3. The molecule has 3 aliphatic rings. The van der Waals surface area contributed by atoms with Gasteiger partial charge in [0.15, 0.2) is 23.0 Å². The van der Waals surface area contributed by atoms with Crippen molar-refractivity contribution in [2.45, 2.75) is 25.6 Å². The van der Waals surface area contributed by atoms with Crippen LogP contribution in [0.4, 0.5) is 5.69 Å². The Labute approximate surface area is 205 Å². The van der Waals surface area contributed by atoms with Crippen LogP contribution in [-0.4, -0.2) is 34.0 Å². The van der Waals surface area contributed by atoms with Gasteiger partial charge in [0.1, 0.15) is 13.2 Å². The predicted octanol–water partition coefficient (Wildman–Crippen LogP) is 4.31. The molecule has 3 unspecified atom stereocenters. The molecular formula is C28H31N3O4. The third-order valence-electron chi connectivity index (χ3n) is 7.27. The van der Waals surface area contributed by atoms with Gasteiger partial charge in [0, 0.05) is 30.8 Å². The second kappa shape index (κ2) is 8.98. The summed E-state index contributed by atoms with van der Waals surface area (Å²) in [6, 6.07) is 19.5. The average Bonchev–Trinajstić information content (AvgIpc) is 3.31. The average molecular weight is 474 g/mol. The van der Waals surface area contributed by atoms with Crippen LogP contribution in [0, 0.1) is 12.8 Å². The molecule has 182 valence electrons. The van der Waals surface area contributed by atoms with Crippen LogP contribution in [0.5, 0.6) is 23.0 Å². The van der Waals surface area contributed by atoms with Gasteiger partial charge in [-0.25, -0.2) is 10.9 Å². The fraction of sp³-hybridized carbons (Fsp3) is 0.357. The zero-order chi connectivity index (χ0) is 23.9. The summed E-state index contributed by atoms with van der Waals surface area (Å²) in [5.74, 6) is 3.42. The monoisotopic (exact) mass is 473 g/mol. The number of nitrogens with one attached hydrogen (secondary N) is 2. The molecule has 1 fully saturated rings. The minimum atomic E-state index is 0.112. The Morgan fingerprint density at radius 1 is 0.886 bits per heavy atom. The van der Waals surface area contributed by atoms with Gasteiger partial charge in [-0.05, 0) is 41.8 Å². The maximum Gasteiger partial charge on any atom is 0.163 e. The van der Waals surface area contributed by atoms with Crippen LogP contribution >= 0.6 is 0 Å². The van der Waals surface area contributed by atoms with Crippen LogP contribution in [0.1, 0.15) is 34.3 Å². The van der Waals surface area contributed by atoms with E-state index in [2.05, 4.69) is 71.2 Å². The minimum absolute atomic E-state index is 0.112. The fourth-order valence-electron chi connectivity index (χ4n) is 5.63. The highest BCUT2D eigenvalue weighted by Gasteiger charge is 2.44. The van der Waals surface area contributed by atoms with E-state index in [1.165, 1.54) is 27.9 Å². The number of ether oxygens (including phenoxy) is 4. The first-order valence-corrected chi connectivity index (χ1v) is 12.1. The number of hydrogen-bond acceptors (Lipinski definition) is 7. The molecule has 35 heavy (non-hydrogen) atoms. The summed E-state index contributed by atoms with van der Waals surface area (Å²) < 4.78 is 22.9. The van der Waals surface area contributed by atoms with Crippen LogP contribution in [0.15, 0.2) is 54.6 Å². The van der Waals surface area contributed by atoms with Crippen molar-refractivity contribution in [3.8, 4) is 23.0 Å². The first kappa shape index (κ1) is 22.1. The number of hydrogen-bond donors (Lipinski definition) is 2. The van der Waals surface area contributed by atoms with E-state index in [0.29, 0.717) is 19.1 Å². The van der Waals surface area contributed by atoms with E-state index in [0.717, 1.165) is 36.1 Å². The smallest absolute Gasteiger partial charge is 0.163 e. The molecule has 3 aromatic carbocycles. The normalized spacial score (nSPS) is 22.4. The molecule has 0 spiro atoms. The summed E-state index contributed by atoms with van der Waals surface area (Å²) >= 11 is 0. The van der Waals surface area contributed by atoms with Crippen LogP contribution < -0.4 is 34.7 Å². The van der Waals surface area contributed by atoms with Gasteiger partial charge in [-0.3, -0.25) is 0 Å². The fourth-order valence-corrected chi connectivity index (χ4v) is 5.63. The van der Waals surface area contributed by atoms with Gasteiger partial charge >= 0.3 is 0 Å². The number of fused-ring (bicyclic) bond motifs is 4. The number of nitrogens with zero attached hydrogens (tertiary/aromatic N) is 1. The van der Waals surface area contributed by atoms with Crippen LogP contribution in [0.3, 0.4) is 0 Å². The molecule has 0 bridgehead atoms. The Morgan fingerprint density at radius 2 is 1.66 bits per heavy atom. The van der Waals surface area contributed by atoms with Crippen LogP contribution in [-0.2, 0) is 6.54 Å². The second-order valence-electron chi connectivity index (χ2n) is 9.45. The molecule has 3 atom stereocenters. The molecule has 0 radical (unpaired) electrons. The summed E-state index contributed by atoms with van der Waals surface area (Å²) in [7, 11) is 3.34. The molecule has 7 heteroatoms. The maximum absolute atomic E-state index is 5.95. The first-order chi connectivity index (χ1) is 17.1. The maximum atomic E-state index is 5.95. The van der Waals surface area contributed by atoms with Crippen LogP contribution in [0.25, 0.3) is 0 Å². The summed E-state index contributed by atoms with van der Waals surface area (Å²) in [5.41, 5.74) is 13.3. The highest BCUT2D eigenvalue weighted by molar-refractivity contribution is 5.66. The standard InChI is InChI=1S/C28H31N3O4/c1-17-5-4-6-18(11-17)15-31-16-21-27(19-7-8-23(32-2)24(12-19)33-3)29-30-28(21)20-13-25-26(14-22(20)31)35-10-9-34-25/h4-8,11-14,21,27-30H,9-10,15-16H2,1-3H3. The molecule has 1 saturated heterocycles. The van der Waals surface area contributed by atoms with Crippen LogP contribution in [0.2, 0.25) is 0 Å². The molecule has 0 aliphatic carbocycles. The molecular weight excluding hydrogens is 442 g/mol. The largest absolute Gasteiger partial charge is 0.493 e. The van der Waals surface area contributed by atoms with Crippen molar-refractivity contribution in [3.05, 3.63) is 76.9 Å². The Kier molecular flexibility index (Phi) is 5.66. The third-order valence-corrected chi connectivity index (χ3v) is 7.27. The number of benzene rings is 3. The van der Waals surface area contributed by atoms with Crippen molar-refractivity contribution in [3.63, 3.8) is 0 Å². The molecule has 3 aromatic rings. The number of aryl methyl sites for hydroxylation is 1. The lowest BCUT2D eigenvalue weighted by atomic mass is 9.81. The molecule has 0 saturated carbocycles. The Balaban J connectivity index is 1.39. The topological polar surface area (TPSA) is 64.2 Å². The highest BCUT2D eigenvalue weighted by Crippen LogP contribution is 2.50. The number of rotatable bonds is 5. The lowest BCUT2D eigenvalue weighted by molar-refractivity contribution is 0.171. The highest BCUT2D eigenvalue weighted by atomic mass is 16.6. The van der Waals surface area contributed by atoms with E-state index >= 15 is 0 Å². The van der Waals surface area contributed by atoms with E-state index < -0.39 is 0 Å². The molecule has 0 aromatic heterocycles. The Hall–Kier alpha value is -3.42. The minimum Gasteiger partial charge on any atom is -0.493 e. The quantitative estimate of drug-likeness (QED) is 0.573. The Morgan fingerprint density at radius 3 is 2.43 bits per heavy atom. The van der Waals surface area contributed by atoms with Crippen molar-refractivity contribution in [1.29, 1.82) is 0 Å². The lowest BCUT2D eigenvalue weighted by Crippen LogP contribution is -2.39. The van der Waals surface area contributed by atoms with Gasteiger partial charge in [-0.15, -0.1) is 0 Å². The van der Waals surface area contributed by atoms with E-state index in [-0.39, 0.29) is 12.1 Å². The van der Waals surface area contributed by atoms with E-state index in [1.54, 1.807) is 14.2 Å². The van der Waals surface area contributed by atoms with Crippen molar-refractivity contribution in [2.24, 2.45) is 5.92 Å². The van der Waals surface area contributed by atoms with Gasteiger partial charge in [-0.1, -0.05) is 35.9 Å². The van der Waals surface area contributed by atoms with E-state index in [4.69, 9.17) is 18.9 Å². The molecule has 0 amide bonds.